The van der Waals surface area contributed by atoms with Crippen molar-refractivity contribution in [1.82, 2.24) is 5.32 Å². The van der Waals surface area contributed by atoms with Gasteiger partial charge in [0.25, 0.3) is 0 Å². The van der Waals surface area contributed by atoms with Gasteiger partial charge in [-0.25, -0.2) is 4.39 Å². The molecule has 0 saturated carbocycles. The molecule has 2 aromatic carbocycles. The maximum absolute atomic E-state index is 15.1. The van der Waals surface area contributed by atoms with E-state index in [9.17, 15) is 4.79 Å². The molecule has 1 aliphatic heterocycles. The summed E-state index contributed by atoms with van der Waals surface area (Å²) in [7, 11) is 0. The molecule has 4 unspecified atom stereocenters. The van der Waals surface area contributed by atoms with Crippen molar-refractivity contribution in [2.75, 3.05) is 0 Å². The second-order valence-corrected chi connectivity index (χ2v) is 9.77. The van der Waals surface area contributed by atoms with Crippen molar-refractivity contribution < 1.29 is 9.18 Å². The van der Waals surface area contributed by atoms with E-state index in [4.69, 9.17) is 34.7 Å². The molecule has 4 nitrogen and oxygen atoms in total. The van der Waals surface area contributed by atoms with Crippen LogP contribution in [0.5, 0.6) is 0 Å². The third-order valence-electron chi connectivity index (χ3n) is 5.59. The van der Waals surface area contributed by atoms with E-state index >= 15 is 4.39 Å². The first-order chi connectivity index (χ1) is 13.4. The third-order valence-corrected chi connectivity index (χ3v) is 6.13. The molecular weight excluding hydrogens is 412 g/mol. The molecule has 4 atom stereocenters. The number of hydrogen-bond acceptors (Lipinski definition) is 3. The number of rotatable bonds is 4. The summed E-state index contributed by atoms with van der Waals surface area (Å²) in [5, 5.41) is 3.84. The molecule has 0 aromatic heterocycles. The first-order valence-corrected chi connectivity index (χ1v) is 10.2. The third kappa shape index (κ3) is 4.15. The molecular formula is C22H26Cl2FN3O. The van der Waals surface area contributed by atoms with E-state index < -0.39 is 29.2 Å². The van der Waals surface area contributed by atoms with Crippen LogP contribution in [0.15, 0.2) is 42.5 Å². The molecule has 2 aromatic rings. The summed E-state index contributed by atoms with van der Waals surface area (Å²) in [5.41, 5.74) is 12.6. The average Bonchev–Trinajstić information content (AvgIpc) is 2.90. The lowest BCUT2D eigenvalue weighted by Crippen LogP contribution is -2.52. The minimum absolute atomic E-state index is 0.0246. The Morgan fingerprint density at radius 1 is 1.17 bits per heavy atom. The summed E-state index contributed by atoms with van der Waals surface area (Å²) in [4.78, 5) is 12.4. The fraction of sp³-hybridized carbons (Fsp3) is 0.409. The number of benzene rings is 2. The second kappa shape index (κ2) is 7.88. The molecule has 3 rings (SSSR count). The van der Waals surface area contributed by atoms with E-state index in [1.807, 2.05) is 12.1 Å². The molecule has 1 aliphatic rings. The van der Waals surface area contributed by atoms with Crippen LogP contribution in [0.1, 0.15) is 44.2 Å². The van der Waals surface area contributed by atoms with Gasteiger partial charge in [-0.3, -0.25) is 4.79 Å². The van der Waals surface area contributed by atoms with Crippen molar-refractivity contribution in [2.45, 2.75) is 50.7 Å². The molecule has 0 aliphatic carbocycles. The summed E-state index contributed by atoms with van der Waals surface area (Å²) < 4.78 is 15.1. The maximum atomic E-state index is 15.1. The highest BCUT2D eigenvalue weighted by Gasteiger charge is 2.57. The van der Waals surface area contributed by atoms with Gasteiger partial charge in [-0.05, 0) is 41.2 Å². The smallest absolute Gasteiger partial charge is 0.235 e. The molecule has 5 N–H and O–H groups in total. The maximum Gasteiger partial charge on any atom is 0.235 e. The zero-order valence-corrected chi connectivity index (χ0v) is 18.2. The largest absolute Gasteiger partial charge is 0.368 e. The van der Waals surface area contributed by atoms with Gasteiger partial charge in [0.05, 0.1) is 16.6 Å². The molecule has 1 amide bonds. The lowest BCUT2D eigenvalue weighted by molar-refractivity contribution is -0.120. The van der Waals surface area contributed by atoms with Crippen LogP contribution in [0, 0.1) is 11.2 Å². The molecule has 0 spiro atoms. The van der Waals surface area contributed by atoms with Gasteiger partial charge in [-0.1, -0.05) is 68.2 Å². The standard InChI is InChI=1S/C22H26Cl2FN3O/c1-21(2,3)11-16-22(27,12-7-9-13(23)10-8-12)17(19(28-16)20(26)29)14-5-4-6-15(24)18(14)25/h4-10,16-17,19,28H,11,27H2,1-3H3,(H2,26,29). The Bertz CT molecular complexity index is 913. The first kappa shape index (κ1) is 22.0. The Morgan fingerprint density at radius 3 is 2.34 bits per heavy atom. The van der Waals surface area contributed by atoms with Crippen LogP contribution in [-0.2, 0) is 10.3 Å². The Morgan fingerprint density at radius 2 is 1.79 bits per heavy atom. The SMILES string of the molecule is CC(C)(C)CC1NC(C(N)=O)C(c2cccc(Cl)c2F)C1(N)c1ccc(Cl)cc1. The number of carbonyl (C=O) groups is 1. The minimum atomic E-state index is -1.11. The lowest BCUT2D eigenvalue weighted by Gasteiger charge is -2.39. The van der Waals surface area contributed by atoms with Crippen molar-refractivity contribution in [2.24, 2.45) is 16.9 Å². The highest BCUT2D eigenvalue weighted by Crippen LogP contribution is 2.49. The van der Waals surface area contributed by atoms with Crippen LogP contribution >= 0.6 is 23.2 Å². The highest BCUT2D eigenvalue weighted by molar-refractivity contribution is 6.31. The van der Waals surface area contributed by atoms with Crippen LogP contribution in [-0.4, -0.2) is 18.0 Å². The van der Waals surface area contributed by atoms with Crippen molar-refractivity contribution in [1.29, 1.82) is 0 Å². The number of nitrogens with one attached hydrogen (secondary N) is 1. The Balaban J connectivity index is 2.25. The van der Waals surface area contributed by atoms with Gasteiger partial charge in [0.15, 0.2) is 0 Å². The normalized spacial score (nSPS) is 27.2. The monoisotopic (exact) mass is 437 g/mol. The Kier molecular flexibility index (Phi) is 5.98. The molecule has 1 fully saturated rings. The lowest BCUT2D eigenvalue weighted by atomic mass is 9.68. The zero-order chi connectivity index (χ0) is 21.6. The van der Waals surface area contributed by atoms with E-state index in [0.717, 1.165) is 5.56 Å². The quantitative estimate of drug-likeness (QED) is 0.665. The number of nitrogens with two attached hydrogens (primary N) is 2. The molecule has 29 heavy (non-hydrogen) atoms. The molecule has 1 saturated heterocycles. The number of amides is 1. The summed E-state index contributed by atoms with van der Waals surface area (Å²) in [6, 6.07) is 10.7. The van der Waals surface area contributed by atoms with E-state index in [1.54, 1.807) is 24.3 Å². The van der Waals surface area contributed by atoms with Crippen molar-refractivity contribution in [3.05, 3.63) is 69.5 Å². The zero-order valence-electron chi connectivity index (χ0n) is 16.7. The predicted octanol–water partition coefficient (Wildman–Crippen LogP) is 4.33. The van der Waals surface area contributed by atoms with Crippen LogP contribution in [0.2, 0.25) is 10.0 Å². The molecule has 156 valence electrons. The van der Waals surface area contributed by atoms with Crippen molar-refractivity contribution in [3.8, 4) is 0 Å². The Labute approximate surface area is 180 Å². The summed E-state index contributed by atoms with van der Waals surface area (Å²) in [6.07, 6.45) is 0.647. The first-order valence-electron chi connectivity index (χ1n) is 9.49. The van der Waals surface area contributed by atoms with E-state index in [0.29, 0.717) is 11.4 Å². The van der Waals surface area contributed by atoms with Crippen LogP contribution in [0.4, 0.5) is 4.39 Å². The van der Waals surface area contributed by atoms with Crippen LogP contribution in [0.3, 0.4) is 0 Å². The fourth-order valence-electron chi connectivity index (χ4n) is 4.35. The van der Waals surface area contributed by atoms with Gasteiger partial charge in [0.2, 0.25) is 5.91 Å². The van der Waals surface area contributed by atoms with Crippen LogP contribution < -0.4 is 16.8 Å². The molecule has 1 heterocycles. The van der Waals surface area contributed by atoms with Gasteiger partial charge in [-0.15, -0.1) is 0 Å². The molecule has 7 heteroatoms. The van der Waals surface area contributed by atoms with Gasteiger partial charge in [0, 0.05) is 17.0 Å². The second-order valence-electron chi connectivity index (χ2n) is 8.92. The van der Waals surface area contributed by atoms with Gasteiger partial charge in [-0.2, -0.15) is 0 Å². The van der Waals surface area contributed by atoms with Crippen molar-refractivity contribution >= 4 is 29.1 Å². The predicted molar refractivity (Wildman–Crippen MR) is 115 cm³/mol. The summed E-state index contributed by atoms with van der Waals surface area (Å²) >= 11 is 12.1. The fourth-order valence-corrected chi connectivity index (χ4v) is 4.65. The van der Waals surface area contributed by atoms with Gasteiger partial charge < -0.3 is 16.8 Å². The van der Waals surface area contributed by atoms with Crippen LogP contribution in [0.25, 0.3) is 0 Å². The van der Waals surface area contributed by atoms with Crippen molar-refractivity contribution in [3.63, 3.8) is 0 Å². The summed E-state index contributed by atoms with van der Waals surface area (Å²) in [5.74, 6) is -1.92. The van der Waals surface area contributed by atoms with E-state index in [2.05, 4.69) is 26.1 Å². The number of primary amides is 1. The van der Waals surface area contributed by atoms with Gasteiger partial charge >= 0.3 is 0 Å². The molecule has 0 radical (unpaired) electrons. The number of halogens is 3. The van der Waals surface area contributed by atoms with Gasteiger partial charge in [0.1, 0.15) is 5.82 Å². The average molecular weight is 438 g/mol. The van der Waals surface area contributed by atoms with E-state index in [-0.39, 0.29) is 22.0 Å². The summed E-state index contributed by atoms with van der Waals surface area (Å²) in [6.45, 7) is 6.26. The minimum Gasteiger partial charge on any atom is -0.368 e. The van der Waals surface area contributed by atoms with E-state index in [1.165, 1.54) is 6.07 Å². The number of hydrogen-bond donors (Lipinski definition) is 3. The number of carbonyl (C=O) groups excluding carboxylic acids is 1. The topological polar surface area (TPSA) is 81.1 Å². The highest BCUT2D eigenvalue weighted by atomic mass is 35.5. The Hall–Kier alpha value is -1.66. The molecule has 0 bridgehead atoms.